The van der Waals surface area contributed by atoms with Crippen molar-refractivity contribution >= 4 is 5.91 Å². The molecule has 1 saturated heterocycles. The zero-order valence-corrected chi connectivity index (χ0v) is 11.9. The Morgan fingerprint density at radius 3 is 2.56 bits per heavy atom. The maximum atomic E-state index is 12.6. The molecule has 100 valence electrons. The van der Waals surface area contributed by atoms with Gasteiger partial charge in [0, 0.05) is 37.9 Å². The van der Waals surface area contributed by atoms with Gasteiger partial charge in [0.15, 0.2) is 0 Å². The first-order valence-electron chi connectivity index (χ1n) is 6.36. The molecule has 1 fully saturated rings. The summed E-state index contributed by atoms with van der Waals surface area (Å²) in [6, 6.07) is 0. The molecule has 5 nitrogen and oxygen atoms in total. The second-order valence-corrected chi connectivity index (χ2v) is 5.71. The van der Waals surface area contributed by atoms with Crippen LogP contribution in [0.3, 0.4) is 0 Å². The van der Waals surface area contributed by atoms with Crippen molar-refractivity contribution < 1.29 is 4.79 Å². The quantitative estimate of drug-likeness (QED) is 0.804. The molecule has 1 aromatic rings. The number of piperazine rings is 1. The highest BCUT2D eigenvalue weighted by molar-refractivity contribution is 5.96. The third-order valence-electron chi connectivity index (χ3n) is 3.58. The predicted octanol–water partition coefficient (Wildman–Crippen LogP) is 0.861. The summed E-state index contributed by atoms with van der Waals surface area (Å²) in [4.78, 5) is 14.5. The van der Waals surface area contributed by atoms with Crippen LogP contribution in [0.5, 0.6) is 0 Å². The molecule has 0 bridgehead atoms. The van der Waals surface area contributed by atoms with Crippen molar-refractivity contribution in [2.24, 2.45) is 7.05 Å². The average Bonchev–Trinajstić information content (AvgIpc) is 2.51. The number of rotatable bonds is 1. The largest absolute Gasteiger partial charge is 0.335 e. The van der Waals surface area contributed by atoms with Crippen LogP contribution in [0.15, 0.2) is 0 Å². The van der Waals surface area contributed by atoms with E-state index >= 15 is 0 Å². The predicted molar refractivity (Wildman–Crippen MR) is 70.7 cm³/mol. The van der Waals surface area contributed by atoms with E-state index in [-0.39, 0.29) is 11.4 Å². The van der Waals surface area contributed by atoms with Crippen LogP contribution in [-0.2, 0) is 7.05 Å². The molecule has 2 rings (SSSR count). The van der Waals surface area contributed by atoms with Crippen molar-refractivity contribution in [2.75, 3.05) is 19.6 Å². The van der Waals surface area contributed by atoms with Gasteiger partial charge in [-0.3, -0.25) is 9.48 Å². The summed E-state index contributed by atoms with van der Waals surface area (Å²) in [7, 11) is 1.88. The third-order valence-corrected chi connectivity index (χ3v) is 3.58. The minimum atomic E-state index is -0.0159. The van der Waals surface area contributed by atoms with Crippen molar-refractivity contribution in [1.82, 2.24) is 20.0 Å². The van der Waals surface area contributed by atoms with Crippen LogP contribution >= 0.6 is 0 Å². The average molecular weight is 250 g/mol. The van der Waals surface area contributed by atoms with Gasteiger partial charge in [-0.15, -0.1) is 0 Å². The molecule has 0 aliphatic carbocycles. The second-order valence-electron chi connectivity index (χ2n) is 5.71. The topological polar surface area (TPSA) is 50.2 Å². The van der Waals surface area contributed by atoms with Gasteiger partial charge in [-0.25, -0.2) is 0 Å². The van der Waals surface area contributed by atoms with Gasteiger partial charge in [-0.05, 0) is 27.7 Å². The van der Waals surface area contributed by atoms with Crippen molar-refractivity contribution in [3.05, 3.63) is 17.0 Å². The molecule has 0 aromatic carbocycles. The molecule has 0 unspecified atom stereocenters. The maximum absolute atomic E-state index is 12.6. The van der Waals surface area contributed by atoms with Gasteiger partial charge in [-0.2, -0.15) is 5.10 Å². The van der Waals surface area contributed by atoms with E-state index < -0.39 is 0 Å². The fourth-order valence-electron chi connectivity index (χ4n) is 2.56. The molecule has 1 amide bonds. The van der Waals surface area contributed by atoms with Crippen molar-refractivity contribution in [3.8, 4) is 0 Å². The summed E-state index contributed by atoms with van der Waals surface area (Å²) in [6.07, 6.45) is 0. The Hall–Kier alpha value is -1.36. The Labute approximate surface area is 108 Å². The number of hydrogen-bond donors (Lipinski definition) is 1. The van der Waals surface area contributed by atoms with Crippen LogP contribution in [0.2, 0.25) is 0 Å². The van der Waals surface area contributed by atoms with Crippen LogP contribution in [-0.4, -0.2) is 45.8 Å². The first kappa shape index (κ1) is 13.1. The summed E-state index contributed by atoms with van der Waals surface area (Å²) < 4.78 is 1.77. The molecule has 0 saturated carbocycles. The number of amides is 1. The lowest BCUT2D eigenvalue weighted by atomic mass is 10.0. The highest BCUT2D eigenvalue weighted by Crippen LogP contribution is 2.18. The first-order valence-corrected chi connectivity index (χ1v) is 6.36. The lowest BCUT2D eigenvalue weighted by Crippen LogP contribution is -2.58. The Kier molecular flexibility index (Phi) is 3.19. The number of carbonyl (C=O) groups is 1. The lowest BCUT2D eigenvalue weighted by molar-refractivity contribution is 0.0650. The number of aromatic nitrogens is 2. The zero-order chi connectivity index (χ0) is 13.5. The van der Waals surface area contributed by atoms with Crippen LogP contribution in [0.4, 0.5) is 0 Å². The fraction of sp³-hybridized carbons (Fsp3) is 0.692. The lowest BCUT2D eigenvalue weighted by Gasteiger charge is -2.39. The summed E-state index contributed by atoms with van der Waals surface area (Å²) in [5.74, 6) is 0.104. The van der Waals surface area contributed by atoms with E-state index in [1.165, 1.54) is 0 Å². The minimum Gasteiger partial charge on any atom is -0.335 e. The molecule has 1 aromatic heterocycles. The number of hydrogen-bond acceptors (Lipinski definition) is 3. The van der Waals surface area contributed by atoms with E-state index in [0.29, 0.717) is 0 Å². The first-order chi connectivity index (χ1) is 8.32. The van der Waals surface area contributed by atoms with Gasteiger partial charge in [0.25, 0.3) is 5.91 Å². The molecule has 1 aliphatic rings. The SMILES string of the molecule is Cc1nn(C)c(C)c1C(=O)N1CCNC(C)(C)C1. The van der Waals surface area contributed by atoms with Gasteiger partial charge in [0.1, 0.15) is 0 Å². The van der Waals surface area contributed by atoms with E-state index in [9.17, 15) is 4.79 Å². The van der Waals surface area contributed by atoms with Crippen molar-refractivity contribution in [2.45, 2.75) is 33.2 Å². The normalized spacial score (nSPS) is 19.1. The molecular weight excluding hydrogens is 228 g/mol. The van der Waals surface area contributed by atoms with Gasteiger partial charge in [0.2, 0.25) is 0 Å². The molecule has 5 heteroatoms. The highest BCUT2D eigenvalue weighted by Gasteiger charge is 2.31. The number of carbonyl (C=O) groups excluding carboxylic acids is 1. The monoisotopic (exact) mass is 250 g/mol. The Morgan fingerprint density at radius 2 is 2.06 bits per heavy atom. The van der Waals surface area contributed by atoms with Crippen LogP contribution in [0.1, 0.15) is 35.6 Å². The molecule has 0 spiro atoms. The molecular formula is C13H22N4O. The number of nitrogens with zero attached hydrogens (tertiary/aromatic N) is 3. The number of nitrogens with one attached hydrogen (secondary N) is 1. The maximum Gasteiger partial charge on any atom is 0.257 e. The molecule has 0 radical (unpaired) electrons. The fourth-order valence-corrected chi connectivity index (χ4v) is 2.56. The molecule has 1 N–H and O–H groups in total. The Bertz CT molecular complexity index is 476. The zero-order valence-electron chi connectivity index (χ0n) is 11.9. The van der Waals surface area contributed by atoms with E-state index in [4.69, 9.17) is 0 Å². The van der Waals surface area contributed by atoms with E-state index in [1.807, 2.05) is 25.8 Å². The van der Waals surface area contributed by atoms with Crippen molar-refractivity contribution in [1.29, 1.82) is 0 Å². The standard InChI is InChI=1S/C13H22N4O/c1-9-11(10(2)16(5)15-9)12(18)17-7-6-14-13(3,4)8-17/h14H,6-8H2,1-5H3. The van der Waals surface area contributed by atoms with Gasteiger partial charge >= 0.3 is 0 Å². The van der Waals surface area contributed by atoms with Gasteiger partial charge in [-0.1, -0.05) is 0 Å². The molecule has 18 heavy (non-hydrogen) atoms. The number of aryl methyl sites for hydroxylation is 2. The van der Waals surface area contributed by atoms with E-state index in [0.717, 1.165) is 36.6 Å². The summed E-state index contributed by atoms with van der Waals surface area (Å²) in [5, 5.41) is 7.73. The smallest absolute Gasteiger partial charge is 0.257 e. The molecule has 2 heterocycles. The Morgan fingerprint density at radius 1 is 1.39 bits per heavy atom. The van der Waals surface area contributed by atoms with Crippen LogP contribution in [0, 0.1) is 13.8 Å². The summed E-state index contributed by atoms with van der Waals surface area (Å²) in [5.41, 5.74) is 2.50. The summed E-state index contributed by atoms with van der Waals surface area (Å²) >= 11 is 0. The molecule has 0 atom stereocenters. The van der Waals surface area contributed by atoms with E-state index in [1.54, 1.807) is 4.68 Å². The van der Waals surface area contributed by atoms with Crippen LogP contribution < -0.4 is 5.32 Å². The summed E-state index contributed by atoms with van der Waals surface area (Å²) in [6.45, 7) is 10.4. The van der Waals surface area contributed by atoms with Gasteiger partial charge < -0.3 is 10.2 Å². The highest BCUT2D eigenvalue weighted by atomic mass is 16.2. The van der Waals surface area contributed by atoms with Gasteiger partial charge in [0.05, 0.1) is 11.3 Å². The second kappa shape index (κ2) is 4.39. The van der Waals surface area contributed by atoms with E-state index in [2.05, 4.69) is 24.3 Å². The van der Waals surface area contributed by atoms with Crippen LogP contribution in [0.25, 0.3) is 0 Å². The Balaban J connectivity index is 2.26. The molecule has 1 aliphatic heterocycles. The third kappa shape index (κ3) is 2.27. The van der Waals surface area contributed by atoms with Crippen molar-refractivity contribution in [3.63, 3.8) is 0 Å². The minimum absolute atomic E-state index is 0.0159.